The van der Waals surface area contributed by atoms with E-state index in [0.717, 1.165) is 5.56 Å². The number of nitrogens with zero attached hydrogens (tertiary/aromatic N) is 2. The first kappa shape index (κ1) is 24.1. The number of rotatable bonds is 8. The molecule has 0 fully saturated rings. The third-order valence-corrected chi connectivity index (χ3v) is 5.78. The van der Waals surface area contributed by atoms with E-state index in [1.54, 1.807) is 51.6 Å². The zero-order chi connectivity index (χ0) is 23.6. The van der Waals surface area contributed by atoms with Crippen molar-refractivity contribution in [3.63, 3.8) is 0 Å². The molecule has 0 aromatic heterocycles. The van der Waals surface area contributed by atoms with E-state index in [9.17, 15) is 9.18 Å². The molecule has 1 amide bonds. The summed E-state index contributed by atoms with van der Waals surface area (Å²) in [4.78, 5) is 18.9. The summed E-state index contributed by atoms with van der Waals surface area (Å²) in [6, 6.07) is 21.2. The molecule has 0 spiro atoms. The molecule has 6 nitrogen and oxygen atoms in total. The van der Waals surface area contributed by atoms with Crippen molar-refractivity contribution in [3.8, 4) is 11.5 Å². The normalized spacial score (nSPS) is 11.1. The molecule has 0 saturated carbocycles. The van der Waals surface area contributed by atoms with Gasteiger partial charge in [0, 0.05) is 30.2 Å². The van der Waals surface area contributed by atoms with Crippen LogP contribution in [0.15, 0.2) is 77.8 Å². The predicted molar refractivity (Wildman–Crippen MR) is 133 cm³/mol. The average Bonchev–Trinajstić information content (AvgIpc) is 2.86. The molecule has 0 unspecified atom stereocenters. The highest BCUT2D eigenvalue weighted by Crippen LogP contribution is 2.31. The number of hydrogen-bond donors (Lipinski definition) is 1. The minimum atomic E-state index is -0.317. The zero-order valence-electron chi connectivity index (χ0n) is 18.7. The molecular formula is C25H26FN3O3S. The molecule has 0 saturated heterocycles. The third-order valence-electron chi connectivity index (χ3n) is 4.80. The molecular weight excluding hydrogens is 441 g/mol. The molecule has 0 aliphatic rings. The monoisotopic (exact) mass is 467 g/mol. The van der Waals surface area contributed by atoms with Gasteiger partial charge in [-0.05, 0) is 42.0 Å². The van der Waals surface area contributed by atoms with Crippen LogP contribution in [0.5, 0.6) is 11.5 Å². The van der Waals surface area contributed by atoms with Gasteiger partial charge < -0.3 is 19.7 Å². The summed E-state index contributed by atoms with van der Waals surface area (Å²) in [6.45, 7) is -0.0594. The number of carbonyl (C=O) groups excluding carboxylic acids is 1. The molecule has 172 valence electrons. The Hall–Kier alpha value is -3.52. The number of halogens is 1. The SMILES string of the molecule is COc1ccc(N(C)C(=O)CN=C(Nc2ccc(F)cc2)SCc2ccccc2)cc1OC. The number of amides is 1. The summed E-state index contributed by atoms with van der Waals surface area (Å²) in [7, 11) is 4.79. The Balaban J connectivity index is 1.73. The smallest absolute Gasteiger partial charge is 0.248 e. The number of carbonyl (C=O) groups is 1. The van der Waals surface area contributed by atoms with E-state index in [2.05, 4.69) is 10.3 Å². The van der Waals surface area contributed by atoms with Crippen LogP contribution in [-0.2, 0) is 10.5 Å². The van der Waals surface area contributed by atoms with Crippen LogP contribution in [0, 0.1) is 5.82 Å². The van der Waals surface area contributed by atoms with E-state index in [1.165, 1.54) is 28.8 Å². The van der Waals surface area contributed by atoms with Crippen LogP contribution < -0.4 is 19.7 Å². The first-order valence-electron chi connectivity index (χ1n) is 10.2. The van der Waals surface area contributed by atoms with Crippen LogP contribution in [0.4, 0.5) is 15.8 Å². The van der Waals surface area contributed by atoms with Gasteiger partial charge in [0.2, 0.25) is 5.91 Å². The molecule has 8 heteroatoms. The van der Waals surface area contributed by atoms with Crippen molar-refractivity contribution in [2.45, 2.75) is 5.75 Å². The van der Waals surface area contributed by atoms with Crippen LogP contribution in [0.1, 0.15) is 5.56 Å². The lowest BCUT2D eigenvalue weighted by Crippen LogP contribution is -2.29. The van der Waals surface area contributed by atoms with Gasteiger partial charge >= 0.3 is 0 Å². The molecule has 3 rings (SSSR count). The molecule has 0 aliphatic heterocycles. The molecule has 3 aromatic rings. The van der Waals surface area contributed by atoms with Gasteiger partial charge in [-0.15, -0.1) is 0 Å². The maximum absolute atomic E-state index is 13.3. The largest absolute Gasteiger partial charge is 0.493 e. The Kier molecular flexibility index (Phi) is 8.71. The number of nitrogens with one attached hydrogen (secondary N) is 1. The van der Waals surface area contributed by atoms with Crippen molar-refractivity contribution in [2.75, 3.05) is 38.0 Å². The average molecular weight is 468 g/mol. The lowest BCUT2D eigenvalue weighted by molar-refractivity contribution is -0.116. The molecule has 0 atom stereocenters. The number of benzene rings is 3. The first-order valence-corrected chi connectivity index (χ1v) is 11.2. The molecule has 0 radical (unpaired) electrons. The van der Waals surface area contributed by atoms with E-state index < -0.39 is 0 Å². The highest BCUT2D eigenvalue weighted by molar-refractivity contribution is 8.13. The number of hydrogen-bond acceptors (Lipinski definition) is 5. The maximum atomic E-state index is 13.3. The van der Waals surface area contributed by atoms with Crippen molar-refractivity contribution in [1.82, 2.24) is 0 Å². The fraction of sp³-hybridized carbons (Fsp3) is 0.200. The van der Waals surface area contributed by atoms with E-state index in [4.69, 9.17) is 9.47 Å². The van der Waals surface area contributed by atoms with Crippen molar-refractivity contribution >= 4 is 34.2 Å². The third kappa shape index (κ3) is 6.98. The van der Waals surface area contributed by atoms with Gasteiger partial charge in [0.25, 0.3) is 0 Å². The van der Waals surface area contributed by atoms with Gasteiger partial charge in [0.15, 0.2) is 16.7 Å². The Morgan fingerprint density at radius 2 is 1.70 bits per heavy atom. The van der Waals surface area contributed by atoms with E-state index in [-0.39, 0.29) is 18.3 Å². The predicted octanol–water partition coefficient (Wildman–Crippen LogP) is 5.21. The number of methoxy groups -OCH3 is 2. The van der Waals surface area contributed by atoms with Gasteiger partial charge in [-0.2, -0.15) is 0 Å². The number of aliphatic imine (C=N–C) groups is 1. The fourth-order valence-corrected chi connectivity index (χ4v) is 3.77. The molecule has 0 aliphatic carbocycles. The Morgan fingerprint density at radius 1 is 1.00 bits per heavy atom. The number of thioether (sulfide) groups is 1. The van der Waals surface area contributed by atoms with Crippen LogP contribution >= 0.6 is 11.8 Å². The van der Waals surface area contributed by atoms with Crippen LogP contribution in [0.25, 0.3) is 0 Å². The highest BCUT2D eigenvalue weighted by atomic mass is 32.2. The standard InChI is InChI=1S/C25H26FN3O3S/c1-29(21-13-14-22(31-2)23(15-21)32-3)24(30)16-27-25(28-20-11-9-19(26)10-12-20)33-17-18-7-5-4-6-8-18/h4-15H,16-17H2,1-3H3,(H,27,28). The Labute approximate surface area is 197 Å². The van der Waals surface area contributed by atoms with E-state index in [1.807, 2.05) is 30.3 Å². The summed E-state index contributed by atoms with van der Waals surface area (Å²) in [5.74, 6) is 1.29. The van der Waals surface area contributed by atoms with Gasteiger partial charge in [-0.1, -0.05) is 42.1 Å². The quantitative estimate of drug-likeness (QED) is 0.364. The second-order valence-corrected chi connectivity index (χ2v) is 7.98. The van der Waals surface area contributed by atoms with E-state index >= 15 is 0 Å². The summed E-state index contributed by atoms with van der Waals surface area (Å²) in [5, 5.41) is 3.75. The second-order valence-electron chi connectivity index (χ2n) is 7.02. The van der Waals surface area contributed by atoms with Crippen LogP contribution in [0.2, 0.25) is 0 Å². The topological polar surface area (TPSA) is 63.2 Å². The molecule has 33 heavy (non-hydrogen) atoms. The number of anilines is 2. The number of ether oxygens (including phenoxy) is 2. The fourth-order valence-electron chi connectivity index (χ4n) is 2.93. The van der Waals surface area contributed by atoms with Gasteiger partial charge in [-0.25, -0.2) is 4.39 Å². The highest BCUT2D eigenvalue weighted by Gasteiger charge is 2.14. The van der Waals surface area contributed by atoms with Crippen molar-refractivity contribution in [3.05, 3.63) is 84.2 Å². The lowest BCUT2D eigenvalue weighted by atomic mass is 10.2. The summed E-state index contributed by atoms with van der Waals surface area (Å²) in [6.07, 6.45) is 0. The molecule has 0 heterocycles. The minimum absolute atomic E-state index is 0.0594. The van der Waals surface area contributed by atoms with Crippen LogP contribution in [0.3, 0.4) is 0 Å². The molecule has 1 N–H and O–H groups in total. The van der Waals surface area contributed by atoms with Crippen LogP contribution in [-0.4, -0.2) is 38.9 Å². The number of amidine groups is 1. The first-order chi connectivity index (χ1) is 16.0. The number of likely N-dealkylation sites (N-methyl/N-ethyl adjacent to an activating group) is 1. The van der Waals surface area contributed by atoms with Crippen molar-refractivity contribution in [1.29, 1.82) is 0 Å². The van der Waals surface area contributed by atoms with Gasteiger partial charge in [-0.3, -0.25) is 9.79 Å². The maximum Gasteiger partial charge on any atom is 0.248 e. The Bertz CT molecular complexity index is 1090. The van der Waals surface area contributed by atoms with Crippen molar-refractivity contribution in [2.24, 2.45) is 4.99 Å². The Morgan fingerprint density at radius 3 is 2.36 bits per heavy atom. The molecule has 0 bridgehead atoms. The molecule has 3 aromatic carbocycles. The summed E-state index contributed by atoms with van der Waals surface area (Å²) >= 11 is 1.47. The zero-order valence-corrected chi connectivity index (χ0v) is 19.6. The summed E-state index contributed by atoms with van der Waals surface area (Å²) in [5.41, 5.74) is 2.49. The second kappa shape index (κ2) is 11.9. The lowest BCUT2D eigenvalue weighted by Gasteiger charge is -2.18. The van der Waals surface area contributed by atoms with E-state index in [0.29, 0.717) is 33.8 Å². The van der Waals surface area contributed by atoms with Gasteiger partial charge in [0.1, 0.15) is 12.4 Å². The minimum Gasteiger partial charge on any atom is -0.493 e. The summed E-state index contributed by atoms with van der Waals surface area (Å²) < 4.78 is 23.8. The van der Waals surface area contributed by atoms with Gasteiger partial charge in [0.05, 0.1) is 14.2 Å². The van der Waals surface area contributed by atoms with Crippen molar-refractivity contribution < 1.29 is 18.7 Å².